The summed E-state index contributed by atoms with van der Waals surface area (Å²) in [6.07, 6.45) is -3.45. The van der Waals surface area contributed by atoms with Crippen LogP contribution in [0.3, 0.4) is 0 Å². The first-order valence-electron chi connectivity index (χ1n) is 2.03. The van der Waals surface area contributed by atoms with Gasteiger partial charge in [0.15, 0.2) is 0 Å². The molecule has 0 aromatic heterocycles. The molecule has 0 fully saturated rings. The van der Waals surface area contributed by atoms with Crippen LogP contribution in [0, 0.1) is 0 Å². The van der Waals surface area contributed by atoms with Gasteiger partial charge in [-0.15, -0.1) is 0 Å². The van der Waals surface area contributed by atoms with Crippen LogP contribution >= 0.6 is 8.03 Å². The standard InChI is InChI=1S/C3H5F2O2P.Na/c4-3(5)1-2-8(6)7;/h3H,1-2H2;/q;+1. The zero-order valence-electron chi connectivity index (χ0n) is 5.01. The SMILES string of the molecule is O=[P+]([O-])CCC(F)F.[Na+]. The third-order valence-electron chi connectivity index (χ3n) is 0.530. The molecule has 0 amide bonds. The number of rotatable bonds is 3. The van der Waals surface area contributed by atoms with E-state index in [9.17, 15) is 18.2 Å². The van der Waals surface area contributed by atoms with Crippen LogP contribution in [0.2, 0.25) is 0 Å². The summed E-state index contributed by atoms with van der Waals surface area (Å²) in [5.41, 5.74) is 0. The molecule has 1 unspecified atom stereocenters. The van der Waals surface area contributed by atoms with Gasteiger partial charge in [-0.2, -0.15) is 0 Å². The summed E-state index contributed by atoms with van der Waals surface area (Å²) in [6, 6.07) is 0. The fourth-order valence-corrected chi connectivity index (χ4v) is 0.609. The summed E-state index contributed by atoms with van der Waals surface area (Å²) in [6.45, 7) is 0. The Morgan fingerprint density at radius 3 is 2.11 bits per heavy atom. The Bertz CT molecular complexity index is 89.9. The minimum atomic E-state index is -2.61. The van der Waals surface area contributed by atoms with Gasteiger partial charge >= 0.3 is 37.6 Å². The van der Waals surface area contributed by atoms with E-state index in [2.05, 4.69) is 0 Å². The quantitative estimate of drug-likeness (QED) is 0.350. The minimum absolute atomic E-state index is 0. The predicted octanol–water partition coefficient (Wildman–Crippen LogP) is -2.25. The Morgan fingerprint density at radius 1 is 1.56 bits per heavy atom. The molecule has 0 saturated carbocycles. The Balaban J connectivity index is 0. The van der Waals surface area contributed by atoms with Crippen LogP contribution in [0.4, 0.5) is 8.78 Å². The van der Waals surface area contributed by atoms with E-state index in [-0.39, 0.29) is 29.6 Å². The van der Waals surface area contributed by atoms with E-state index in [4.69, 9.17) is 0 Å². The van der Waals surface area contributed by atoms with Gasteiger partial charge in [0.2, 0.25) is 6.43 Å². The van der Waals surface area contributed by atoms with Crippen molar-refractivity contribution in [2.45, 2.75) is 12.8 Å². The number of halogens is 2. The molecular weight excluding hydrogens is 160 g/mol. The van der Waals surface area contributed by atoms with E-state index in [1.54, 1.807) is 0 Å². The van der Waals surface area contributed by atoms with E-state index in [0.717, 1.165) is 0 Å². The molecule has 0 heterocycles. The monoisotopic (exact) mass is 165 g/mol. The predicted molar refractivity (Wildman–Crippen MR) is 23.1 cm³/mol. The van der Waals surface area contributed by atoms with Gasteiger partial charge in [-0.05, 0) is 0 Å². The van der Waals surface area contributed by atoms with E-state index in [1.165, 1.54) is 0 Å². The summed E-state index contributed by atoms with van der Waals surface area (Å²) >= 11 is 0. The van der Waals surface area contributed by atoms with Crippen molar-refractivity contribution in [1.82, 2.24) is 0 Å². The molecule has 0 N–H and O–H groups in total. The molecule has 0 aliphatic rings. The smallest absolute Gasteiger partial charge is 0.596 e. The molecular formula is C3H5F2NaO2P+. The second-order valence-electron chi connectivity index (χ2n) is 1.24. The molecule has 0 aliphatic heterocycles. The molecule has 1 atom stereocenters. The van der Waals surface area contributed by atoms with Crippen LogP contribution in [-0.2, 0) is 4.57 Å². The van der Waals surface area contributed by atoms with E-state index in [1.807, 2.05) is 0 Å². The van der Waals surface area contributed by atoms with Crippen LogP contribution in [-0.4, -0.2) is 12.6 Å². The van der Waals surface area contributed by atoms with Crippen molar-refractivity contribution in [3.8, 4) is 0 Å². The molecule has 0 saturated heterocycles. The molecule has 9 heavy (non-hydrogen) atoms. The van der Waals surface area contributed by atoms with Gasteiger partial charge in [0.1, 0.15) is 6.16 Å². The van der Waals surface area contributed by atoms with Crippen molar-refractivity contribution in [2.75, 3.05) is 6.16 Å². The molecule has 0 aliphatic carbocycles. The van der Waals surface area contributed by atoms with Crippen molar-refractivity contribution in [3.63, 3.8) is 0 Å². The van der Waals surface area contributed by atoms with E-state index >= 15 is 0 Å². The molecule has 0 radical (unpaired) electrons. The average Bonchev–Trinajstić information content (AvgIpc) is 1.61. The largest absolute Gasteiger partial charge is 1.00 e. The second kappa shape index (κ2) is 7.03. The number of hydrogen-bond donors (Lipinski definition) is 0. The van der Waals surface area contributed by atoms with Gasteiger partial charge in [-0.25, -0.2) is 8.78 Å². The van der Waals surface area contributed by atoms with Crippen LogP contribution in [0.1, 0.15) is 6.42 Å². The van der Waals surface area contributed by atoms with Gasteiger partial charge in [-0.3, -0.25) is 0 Å². The van der Waals surface area contributed by atoms with Crippen molar-refractivity contribution < 1.29 is 47.8 Å². The Morgan fingerprint density at radius 2 is 2.00 bits per heavy atom. The van der Waals surface area contributed by atoms with Crippen molar-refractivity contribution in [3.05, 3.63) is 0 Å². The normalized spacial score (nSPS) is 10.9. The Kier molecular flexibility index (Phi) is 9.83. The van der Waals surface area contributed by atoms with Crippen molar-refractivity contribution in [2.24, 2.45) is 0 Å². The van der Waals surface area contributed by atoms with Crippen LogP contribution < -0.4 is 34.5 Å². The first kappa shape index (κ1) is 12.6. The van der Waals surface area contributed by atoms with Gasteiger partial charge in [0.05, 0.1) is 6.42 Å². The van der Waals surface area contributed by atoms with E-state index in [0.29, 0.717) is 0 Å². The maximum Gasteiger partial charge on any atom is 1.00 e. The minimum Gasteiger partial charge on any atom is -0.596 e. The topological polar surface area (TPSA) is 40.1 Å². The van der Waals surface area contributed by atoms with Crippen LogP contribution in [0.25, 0.3) is 0 Å². The van der Waals surface area contributed by atoms with Crippen molar-refractivity contribution in [1.29, 1.82) is 0 Å². The number of alkyl halides is 2. The van der Waals surface area contributed by atoms with Gasteiger partial charge in [0, 0.05) is 0 Å². The third-order valence-corrected chi connectivity index (χ3v) is 1.15. The summed E-state index contributed by atoms with van der Waals surface area (Å²) in [4.78, 5) is 9.61. The van der Waals surface area contributed by atoms with Crippen LogP contribution in [0.15, 0.2) is 0 Å². The summed E-state index contributed by atoms with van der Waals surface area (Å²) in [5.74, 6) is 0. The fraction of sp³-hybridized carbons (Fsp3) is 1.00. The van der Waals surface area contributed by atoms with Gasteiger partial charge in [-0.1, -0.05) is 4.57 Å². The van der Waals surface area contributed by atoms with Crippen molar-refractivity contribution >= 4 is 8.03 Å². The fourth-order valence-electron chi connectivity index (χ4n) is 0.203. The maximum atomic E-state index is 11.1. The summed E-state index contributed by atoms with van der Waals surface area (Å²) in [5, 5.41) is 0. The molecule has 2 nitrogen and oxygen atoms in total. The second-order valence-corrected chi connectivity index (χ2v) is 2.35. The number of hydrogen-bond acceptors (Lipinski definition) is 2. The molecule has 6 heteroatoms. The molecule has 0 bridgehead atoms. The summed E-state index contributed by atoms with van der Waals surface area (Å²) in [7, 11) is -2.61. The molecule has 0 aromatic rings. The molecule has 0 spiro atoms. The molecule has 48 valence electrons. The Hall–Kier alpha value is 0.920. The average molecular weight is 165 g/mol. The molecule has 0 aromatic carbocycles. The first-order valence-corrected chi connectivity index (χ1v) is 3.39. The Labute approximate surface area is 74.8 Å². The van der Waals surface area contributed by atoms with Gasteiger partial charge in [0.25, 0.3) is 0 Å². The van der Waals surface area contributed by atoms with E-state index < -0.39 is 27.0 Å². The summed E-state index contributed by atoms with van der Waals surface area (Å²) < 4.78 is 31.9. The van der Waals surface area contributed by atoms with Crippen LogP contribution in [0.5, 0.6) is 0 Å². The zero-order chi connectivity index (χ0) is 6.57. The molecule has 0 rings (SSSR count). The maximum absolute atomic E-state index is 11.1. The first-order chi connectivity index (χ1) is 3.63. The van der Waals surface area contributed by atoms with Gasteiger partial charge < -0.3 is 4.89 Å². The zero-order valence-corrected chi connectivity index (χ0v) is 7.91. The third kappa shape index (κ3) is 12.2.